The van der Waals surface area contributed by atoms with Crippen molar-refractivity contribution in [3.63, 3.8) is 0 Å². The summed E-state index contributed by atoms with van der Waals surface area (Å²) in [6, 6.07) is 7.77. The van der Waals surface area contributed by atoms with Gasteiger partial charge in [-0.15, -0.1) is 0 Å². The molecule has 0 unspecified atom stereocenters. The monoisotopic (exact) mass is 389 g/mol. The number of benzene rings is 1. The molecule has 2 heterocycles. The zero-order valence-electron chi connectivity index (χ0n) is 15.4. The first kappa shape index (κ1) is 19.5. The van der Waals surface area contributed by atoms with Crippen molar-refractivity contribution in [2.24, 2.45) is 0 Å². The van der Waals surface area contributed by atoms with E-state index in [0.29, 0.717) is 17.3 Å². The Morgan fingerprint density at radius 3 is 2.57 bits per heavy atom. The van der Waals surface area contributed by atoms with Crippen molar-refractivity contribution in [3.05, 3.63) is 65.4 Å². The minimum absolute atomic E-state index is 0.0553. The Balaban J connectivity index is 1.82. The molecule has 0 bridgehead atoms. The summed E-state index contributed by atoms with van der Waals surface area (Å²) in [5, 5.41) is 6.72. The van der Waals surface area contributed by atoms with E-state index in [1.54, 1.807) is 13.0 Å². The lowest BCUT2D eigenvalue weighted by Gasteiger charge is -2.09. The van der Waals surface area contributed by atoms with Crippen molar-refractivity contribution in [2.75, 3.05) is 5.32 Å². The third kappa shape index (κ3) is 4.36. The highest BCUT2D eigenvalue weighted by Crippen LogP contribution is 2.30. The van der Waals surface area contributed by atoms with Crippen LogP contribution in [0.2, 0.25) is 0 Å². The summed E-state index contributed by atoms with van der Waals surface area (Å²) >= 11 is 0. The number of hydrogen-bond acceptors (Lipinski definition) is 4. The van der Waals surface area contributed by atoms with Crippen LogP contribution < -0.4 is 5.32 Å². The first-order chi connectivity index (χ1) is 13.1. The van der Waals surface area contributed by atoms with E-state index in [2.05, 4.69) is 20.4 Å². The van der Waals surface area contributed by atoms with Gasteiger partial charge in [0.05, 0.1) is 11.3 Å². The number of aromatic nitrogens is 4. The molecule has 1 N–H and O–H groups in total. The van der Waals surface area contributed by atoms with Crippen LogP contribution in [0.1, 0.15) is 47.3 Å². The van der Waals surface area contributed by atoms with Crippen molar-refractivity contribution in [3.8, 4) is 5.69 Å². The number of hydrogen-bond donors (Lipinski definition) is 1. The van der Waals surface area contributed by atoms with Crippen LogP contribution in [0.25, 0.3) is 5.69 Å². The standard InChI is InChI=1S/C19H18F3N5O/c1-11(2)17-23-12(3)9-16(24-17)25-18(28)15-7-8-27(26-15)14-6-4-5-13(10-14)19(20,21)22/h4-11H,1-3H3,(H,23,24,25,28). The lowest BCUT2D eigenvalue weighted by Crippen LogP contribution is -2.15. The third-order valence-corrected chi connectivity index (χ3v) is 3.89. The Hall–Kier alpha value is -3.23. The van der Waals surface area contributed by atoms with E-state index in [1.165, 1.54) is 29.1 Å². The normalized spacial score (nSPS) is 11.7. The number of nitrogens with zero attached hydrogens (tertiary/aromatic N) is 4. The van der Waals surface area contributed by atoms with Crippen LogP contribution in [0.15, 0.2) is 42.6 Å². The molecule has 3 rings (SSSR count). The van der Waals surface area contributed by atoms with Crippen LogP contribution in [-0.4, -0.2) is 25.7 Å². The van der Waals surface area contributed by atoms with Gasteiger partial charge in [0.2, 0.25) is 0 Å². The van der Waals surface area contributed by atoms with E-state index in [9.17, 15) is 18.0 Å². The number of anilines is 1. The van der Waals surface area contributed by atoms with Gasteiger partial charge in [-0.05, 0) is 31.2 Å². The van der Waals surface area contributed by atoms with E-state index >= 15 is 0 Å². The topological polar surface area (TPSA) is 72.7 Å². The van der Waals surface area contributed by atoms with Crippen LogP contribution in [0, 0.1) is 6.92 Å². The Labute approximate surface area is 159 Å². The smallest absolute Gasteiger partial charge is 0.305 e. The van der Waals surface area contributed by atoms with E-state index < -0.39 is 17.6 Å². The lowest BCUT2D eigenvalue weighted by molar-refractivity contribution is -0.137. The molecule has 0 atom stereocenters. The molecule has 0 radical (unpaired) electrons. The van der Waals surface area contributed by atoms with E-state index in [4.69, 9.17) is 0 Å². The zero-order valence-corrected chi connectivity index (χ0v) is 15.4. The number of carbonyl (C=O) groups is 1. The van der Waals surface area contributed by atoms with Gasteiger partial charge in [-0.1, -0.05) is 19.9 Å². The zero-order chi connectivity index (χ0) is 20.5. The molecule has 6 nitrogen and oxygen atoms in total. The van der Waals surface area contributed by atoms with Gasteiger partial charge in [0.25, 0.3) is 5.91 Å². The molecular formula is C19H18F3N5O. The molecule has 9 heteroatoms. The summed E-state index contributed by atoms with van der Waals surface area (Å²) in [6.07, 6.45) is -3.03. The highest BCUT2D eigenvalue weighted by Gasteiger charge is 2.30. The van der Waals surface area contributed by atoms with Gasteiger partial charge in [0, 0.05) is 23.9 Å². The molecule has 0 saturated carbocycles. The van der Waals surface area contributed by atoms with Gasteiger partial charge in [-0.3, -0.25) is 4.79 Å². The van der Waals surface area contributed by atoms with Gasteiger partial charge < -0.3 is 5.32 Å². The summed E-state index contributed by atoms with van der Waals surface area (Å²) in [5.74, 6) is 0.522. The van der Waals surface area contributed by atoms with E-state index in [-0.39, 0.29) is 17.3 Å². The Morgan fingerprint density at radius 2 is 1.89 bits per heavy atom. The van der Waals surface area contributed by atoms with Crippen molar-refractivity contribution < 1.29 is 18.0 Å². The van der Waals surface area contributed by atoms with Crippen LogP contribution in [0.3, 0.4) is 0 Å². The maximum Gasteiger partial charge on any atom is 0.416 e. The minimum Gasteiger partial charge on any atom is -0.305 e. The fourth-order valence-electron chi connectivity index (χ4n) is 2.51. The summed E-state index contributed by atoms with van der Waals surface area (Å²) in [6.45, 7) is 5.68. The fourth-order valence-corrected chi connectivity index (χ4v) is 2.51. The largest absolute Gasteiger partial charge is 0.416 e. The maximum absolute atomic E-state index is 12.9. The average molecular weight is 389 g/mol. The molecule has 0 spiro atoms. The highest BCUT2D eigenvalue weighted by molar-refractivity contribution is 6.02. The number of rotatable bonds is 4. The molecular weight excluding hydrogens is 371 g/mol. The number of alkyl halides is 3. The number of halogens is 3. The Kier molecular flexibility index (Phi) is 5.17. The number of carbonyl (C=O) groups excluding carboxylic acids is 1. The number of amides is 1. The molecule has 28 heavy (non-hydrogen) atoms. The van der Waals surface area contributed by atoms with Gasteiger partial charge in [-0.25, -0.2) is 14.6 Å². The molecule has 146 valence electrons. The maximum atomic E-state index is 12.9. The van der Waals surface area contributed by atoms with E-state index in [1.807, 2.05) is 13.8 Å². The molecule has 0 aliphatic heterocycles. The van der Waals surface area contributed by atoms with Crippen molar-refractivity contribution in [2.45, 2.75) is 32.9 Å². The van der Waals surface area contributed by atoms with Crippen molar-refractivity contribution in [1.82, 2.24) is 19.7 Å². The quantitative estimate of drug-likeness (QED) is 0.719. The molecule has 0 fully saturated rings. The fraction of sp³-hybridized carbons (Fsp3) is 0.263. The summed E-state index contributed by atoms with van der Waals surface area (Å²) in [5.41, 5.74) is 0.182. The molecule has 2 aromatic heterocycles. The Morgan fingerprint density at radius 1 is 1.14 bits per heavy atom. The molecule has 3 aromatic rings. The minimum atomic E-state index is -4.46. The lowest BCUT2D eigenvalue weighted by atomic mass is 10.2. The third-order valence-electron chi connectivity index (χ3n) is 3.89. The second kappa shape index (κ2) is 7.41. The van der Waals surface area contributed by atoms with Gasteiger partial charge in [-0.2, -0.15) is 18.3 Å². The summed E-state index contributed by atoms with van der Waals surface area (Å²) < 4.78 is 39.8. The molecule has 1 aromatic carbocycles. The molecule has 1 amide bonds. The van der Waals surface area contributed by atoms with Gasteiger partial charge >= 0.3 is 6.18 Å². The average Bonchev–Trinajstić information content (AvgIpc) is 3.11. The van der Waals surface area contributed by atoms with Crippen LogP contribution in [0.5, 0.6) is 0 Å². The predicted octanol–water partition coefficient (Wildman–Crippen LogP) is 4.37. The van der Waals surface area contributed by atoms with Gasteiger partial charge in [0.1, 0.15) is 11.6 Å². The SMILES string of the molecule is Cc1cc(NC(=O)c2ccn(-c3cccc(C(F)(F)F)c3)n2)nc(C(C)C)n1. The highest BCUT2D eigenvalue weighted by atomic mass is 19.4. The number of nitrogens with one attached hydrogen (secondary N) is 1. The van der Waals surface area contributed by atoms with Crippen LogP contribution in [-0.2, 0) is 6.18 Å². The summed E-state index contributed by atoms with van der Waals surface area (Å²) in [4.78, 5) is 21.1. The van der Waals surface area contributed by atoms with Crippen LogP contribution in [0.4, 0.5) is 19.0 Å². The summed E-state index contributed by atoms with van der Waals surface area (Å²) in [7, 11) is 0. The molecule has 0 saturated heterocycles. The van der Waals surface area contributed by atoms with Crippen molar-refractivity contribution in [1.29, 1.82) is 0 Å². The van der Waals surface area contributed by atoms with Crippen LogP contribution >= 0.6 is 0 Å². The first-order valence-electron chi connectivity index (χ1n) is 8.54. The van der Waals surface area contributed by atoms with Gasteiger partial charge in [0.15, 0.2) is 5.69 Å². The molecule has 0 aliphatic rings. The predicted molar refractivity (Wildman–Crippen MR) is 97.4 cm³/mol. The van der Waals surface area contributed by atoms with Crippen molar-refractivity contribution >= 4 is 11.7 Å². The van der Waals surface area contributed by atoms with E-state index in [0.717, 1.165) is 12.1 Å². The second-order valence-electron chi connectivity index (χ2n) is 6.56. The first-order valence-corrected chi connectivity index (χ1v) is 8.54. The molecule has 0 aliphatic carbocycles. The second-order valence-corrected chi connectivity index (χ2v) is 6.56. The Bertz CT molecular complexity index is 1010. The number of aryl methyl sites for hydroxylation is 1.